The van der Waals surface area contributed by atoms with Crippen LogP contribution in [-0.4, -0.2) is 45.3 Å². The Bertz CT molecular complexity index is 681. The molecule has 0 unspecified atom stereocenters. The first-order valence-corrected chi connectivity index (χ1v) is 7.08. The van der Waals surface area contributed by atoms with Gasteiger partial charge < -0.3 is 5.73 Å². The van der Waals surface area contributed by atoms with E-state index in [1.807, 2.05) is 4.72 Å². The number of carbonyl (C=O) groups is 1. The van der Waals surface area contributed by atoms with Crippen molar-refractivity contribution < 1.29 is 13.2 Å². The van der Waals surface area contributed by atoms with Crippen LogP contribution in [0.25, 0.3) is 0 Å². The van der Waals surface area contributed by atoms with E-state index in [1.165, 1.54) is 29.3 Å². The van der Waals surface area contributed by atoms with Crippen LogP contribution in [-0.2, 0) is 16.6 Å². The molecule has 0 saturated carbocycles. The number of anilines is 1. The standard InChI is InChI=1S/C9H11N7O3S/c10-8-2-1-7(5-11-8)9(17)13-20(18,19)4-3-16-6-12-14-15-16/h1-2,5-6H,3-4H2,(H2,10,11)(H,13,17). The molecular formula is C9H11N7O3S. The van der Waals surface area contributed by atoms with E-state index in [9.17, 15) is 13.2 Å². The van der Waals surface area contributed by atoms with E-state index < -0.39 is 15.9 Å². The number of nitrogens with one attached hydrogen (secondary N) is 1. The minimum Gasteiger partial charge on any atom is -0.384 e. The van der Waals surface area contributed by atoms with Gasteiger partial charge in [-0.1, -0.05) is 0 Å². The van der Waals surface area contributed by atoms with Crippen molar-refractivity contribution in [3.05, 3.63) is 30.2 Å². The number of nitrogens with two attached hydrogens (primary N) is 1. The summed E-state index contributed by atoms with van der Waals surface area (Å²) in [6.45, 7) is 0.0373. The molecular weight excluding hydrogens is 286 g/mol. The molecule has 0 fully saturated rings. The Morgan fingerprint density at radius 3 is 2.80 bits per heavy atom. The zero-order valence-corrected chi connectivity index (χ0v) is 11.0. The largest absolute Gasteiger partial charge is 0.384 e. The van der Waals surface area contributed by atoms with Crippen LogP contribution in [0.2, 0.25) is 0 Å². The van der Waals surface area contributed by atoms with E-state index in [0.717, 1.165) is 0 Å². The SMILES string of the molecule is Nc1ccc(C(=O)NS(=O)(=O)CCn2cnnn2)cn1. The Kier molecular flexibility index (Phi) is 3.89. The maximum absolute atomic E-state index is 11.7. The molecule has 10 nitrogen and oxygen atoms in total. The number of carbonyl (C=O) groups excluding carboxylic acids is 1. The normalized spacial score (nSPS) is 11.2. The molecule has 1 amide bonds. The molecule has 2 rings (SSSR count). The lowest BCUT2D eigenvalue weighted by molar-refractivity contribution is 0.0981. The van der Waals surface area contributed by atoms with Crippen LogP contribution < -0.4 is 10.5 Å². The number of aromatic nitrogens is 5. The Morgan fingerprint density at radius 2 is 2.20 bits per heavy atom. The number of rotatable bonds is 5. The number of sulfonamides is 1. The quantitative estimate of drug-likeness (QED) is 0.671. The second-order valence-electron chi connectivity index (χ2n) is 3.79. The van der Waals surface area contributed by atoms with Gasteiger partial charge in [-0.15, -0.1) is 5.10 Å². The Hall–Kier alpha value is -2.56. The molecule has 0 aliphatic heterocycles. The molecule has 0 aromatic carbocycles. The van der Waals surface area contributed by atoms with Crippen LogP contribution >= 0.6 is 0 Å². The number of amides is 1. The van der Waals surface area contributed by atoms with Gasteiger partial charge in [0, 0.05) is 6.20 Å². The van der Waals surface area contributed by atoms with Crippen molar-refractivity contribution in [3.63, 3.8) is 0 Å². The highest BCUT2D eigenvalue weighted by molar-refractivity contribution is 7.90. The van der Waals surface area contributed by atoms with Gasteiger partial charge in [0.05, 0.1) is 17.9 Å². The Labute approximate surface area is 114 Å². The second kappa shape index (κ2) is 5.61. The molecule has 3 N–H and O–H groups in total. The summed E-state index contributed by atoms with van der Waals surface area (Å²) < 4.78 is 26.6. The third-order valence-corrected chi connectivity index (χ3v) is 3.49. The third kappa shape index (κ3) is 3.71. The minimum absolute atomic E-state index is 0.0373. The smallest absolute Gasteiger partial charge is 0.266 e. The van der Waals surface area contributed by atoms with Crippen LogP contribution in [0.15, 0.2) is 24.7 Å². The number of hydrogen-bond donors (Lipinski definition) is 2. The second-order valence-corrected chi connectivity index (χ2v) is 5.64. The minimum atomic E-state index is -3.79. The highest BCUT2D eigenvalue weighted by atomic mass is 32.2. The first-order chi connectivity index (χ1) is 9.46. The van der Waals surface area contributed by atoms with Crippen molar-refractivity contribution in [2.75, 3.05) is 11.5 Å². The summed E-state index contributed by atoms with van der Waals surface area (Å²) in [5, 5.41) is 10.3. The fourth-order valence-electron chi connectivity index (χ4n) is 1.29. The molecule has 0 saturated heterocycles. The molecule has 11 heteroatoms. The molecule has 0 spiro atoms. The highest BCUT2D eigenvalue weighted by Crippen LogP contribution is 2.02. The van der Waals surface area contributed by atoms with Gasteiger partial charge >= 0.3 is 0 Å². The van der Waals surface area contributed by atoms with Crippen LogP contribution in [0.4, 0.5) is 5.82 Å². The van der Waals surface area contributed by atoms with E-state index >= 15 is 0 Å². The summed E-state index contributed by atoms with van der Waals surface area (Å²) in [6, 6.07) is 2.79. The molecule has 0 aliphatic rings. The van der Waals surface area contributed by atoms with Gasteiger partial charge in [0.25, 0.3) is 5.91 Å². The van der Waals surface area contributed by atoms with Crippen molar-refractivity contribution >= 4 is 21.7 Å². The van der Waals surface area contributed by atoms with Gasteiger partial charge in [0.1, 0.15) is 12.1 Å². The van der Waals surface area contributed by atoms with E-state index in [1.54, 1.807) is 0 Å². The van der Waals surface area contributed by atoms with Crippen LogP contribution in [0.5, 0.6) is 0 Å². The molecule has 0 bridgehead atoms. The average Bonchev–Trinajstić information content (AvgIpc) is 2.90. The van der Waals surface area contributed by atoms with Crippen LogP contribution in [0.1, 0.15) is 10.4 Å². The van der Waals surface area contributed by atoms with Crippen molar-refractivity contribution in [3.8, 4) is 0 Å². The van der Waals surface area contributed by atoms with E-state index in [0.29, 0.717) is 0 Å². The maximum Gasteiger partial charge on any atom is 0.266 e. The lowest BCUT2D eigenvalue weighted by Crippen LogP contribution is -2.34. The summed E-state index contributed by atoms with van der Waals surface area (Å²) in [4.78, 5) is 15.4. The van der Waals surface area contributed by atoms with Gasteiger partial charge in [-0.3, -0.25) is 4.79 Å². The summed E-state index contributed by atoms with van der Waals surface area (Å²) in [7, 11) is -3.79. The maximum atomic E-state index is 11.7. The number of nitrogens with zero attached hydrogens (tertiary/aromatic N) is 5. The van der Waals surface area contributed by atoms with Gasteiger partial charge in [0.2, 0.25) is 10.0 Å². The molecule has 0 radical (unpaired) electrons. The van der Waals surface area contributed by atoms with Gasteiger partial charge in [-0.25, -0.2) is 22.8 Å². The van der Waals surface area contributed by atoms with Gasteiger partial charge in [0.15, 0.2) is 0 Å². The van der Waals surface area contributed by atoms with E-state index in [-0.39, 0.29) is 23.7 Å². The number of tetrazole rings is 1. The molecule has 0 atom stereocenters. The zero-order chi connectivity index (χ0) is 14.6. The van der Waals surface area contributed by atoms with E-state index in [2.05, 4.69) is 20.5 Å². The fraction of sp³-hybridized carbons (Fsp3) is 0.222. The highest BCUT2D eigenvalue weighted by Gasteiger charge is 2.16. The molecule has 2 aromatic heterocycles. The molecule has 20 heavy (non-hydrogen) atoms. The van der Waals surface area contributed by atoms with Crippen LogP contribution in [0, 0.1) is 0 Å². The summed E-state index contributed by atoms with van der Waals surface area (Å²) in [6.07, 6.45) is 2.47. The number of hydrogen-bond acceptors (Lipinski definition) is 8. The van der Waals surface area contributed by atoms with Crippen molar-refractivity contribution in [2.24, 2.45) is 0 Å². The van der Waals surface area contributed by atoms with Gasteiger partial charge in [-0.2, -0.15) is 0 Å². The third-order valence-electron chi connectivity index (χ3n) is 2.28. The number of pyridine rings is 1. The Balaban J connectivity index is 1.97. The van der Waals surface area contributed by atoms with Crippen molar-refractivity contribution in [1.82, 2.24) is 29.9 Å². The topological polar surface area (TPSA) is 146 Å². The summed E-state index contributed by atoms with van der Waals surface area (Å²) in [5.74, 6) is -0.857. The summed E-state index contributed by atoms with van der Waals surface area (Å²) in [5.41, 5.74) is 5.48. The number of nitrogen functional groups attached to an aromatic ring is 1. The molecule has 0 aliphatic carbocycles. The predicted octanol–water partition coefficient (Wildman–Crippen LogP) is -1.59. The fourth-order valence-corrected chi connectivity index (χ4v) is 2.22. The molecule has 106 valence electrons. The van der Waals surface area contributed by atoms with Crippen molar-refractivity contribution in [1.29, 1.82) is 0 Å². The first-order valence-electron chi connectivity index (χ1n) is 5.43. The Morgan fingerprint density at radius 1 is 1.40 bits per heavy atom. The zero-order valence-electron chi connectivity index (χ0n) is 10.2. The lowest BCUT2D eigenvalue weighted by Gasteiger charge is -2.06. The van der Waals surface area contributed by atoms with Crippen molar-refractivity contribution in [2.45, 2.75) is 6.54 Å². The van der Waals surface area contributed by atoms with Gasteiger partial charge in [-0.05, 0) is 22.6 Å². The molecule has 2 aromatic rings. The van der Waals surface area contributed by atoms with E-state index in [4.69, 9.17) is 5.73 Å². The first kappa shape index (κ1) is 13.9. The predicted molar refractivity (Wildman–Crippen MR) is 67.7 cm³/mol. The monoisotopic (exact) mass is 297 g/mol. The number of aryl methyl sites for hydroxylation is 1. The lowest BCUT2D eigenvalue weighted by atomic mass is 10.3. The summed E-state index contributed by atoms with van der Waals surface area (Å²) >= 11 is 0. The van der Waals surface area contributed by atoms with Crippen LogP contribution in [0.3, 0.4) is 0 Å². The molecule has 2 heterocycles. The average molecular weight is 297 g/mol.